The Labute approximate surface area is 100 Å². The number of rotatable bonds is 1. The van der Waals surface area contributed by atoms with Crippen LogP contribution in [0.4, 0.5) is 0 Å². The SMILES string of the molecule is Cc1ccc(O)c(C(=O)O)c1.Cl.Cl.Cl. The number of aromatic hydroxyl groups is 1. The number of phenols is 1. The number of carboxylic acid groups (broad SMARTS) is 1. The fourth-order valence-corrected chi connectivity index (χ4v) is 0.821. The summed E-state index contributed by atoms with van der Waals surface area (Å²) in [5.74, 6) is -1.30. The molecule has 14 heavy (non-hydrogen) atoms. The first kappa shape index (κ1) is 19.0. The predicted octanol–water partition coefficient (Wildman–Crippen LogP) is 2.66. The smallest absolute Gasteiger partial charge is 0.339 e. The largest absolute Gasteiger partial charge is 0.507 e. The van der Waals surface area contributed by atoms with E-state index in [1.54, 1.807) is 13.0 Å². The maximum atomic E-state index is 10.4. The van der Waals surface area contributed by atoms with Crippen LogP contribution in [-0.4, -0.2) is 16.2 Å². The summed E-state index contributed by atoms with van der Waals surface area (Å²) in [7, 11) is 0. The molecule has 1 aromatic carbocycles. The van der Waals surface area contributed by atoms with Crippen LogP contribution in [0.2, 0.25) is 0 Å². The van der Waals surface area contributed by atoms with Crippen molar-refractivity contribution in [2.45, 2.75) is 6.92 Å². The lowest BCUT2D eigenvalue weighted by Crippen LogP contribution is -1.96. The van der Waals surface area contributed by atoms with Crippen molar-refractivity contribution in [2.75, 3.05) is 0 Å². The van der Waals surface area contributed by atoms with E-state index in [9.17, 15) is 4.79 Å². The summed E-state index contributed by atoms with van der Waals surface area (Å²) in [5, 5.41) is 17.6. The quantitative estimate of drug-likeness (QED) is 0.817. The summed E-state index contributed by atoms with van der Waals surface area (Å²) in [6.45, 7) is 1.77. The van der Waals surface area contributed by atoms with Gasteiger partial charge in [-0.2, -0.15) is 0 Å². The van der Waals surface area contributed by atoms with Gasteiger partial charge < -0.3 is 10.2 Å². The van der Waals surface area contributed by atoms with Crippen LogP contribution in [0.5, 0.6) is 5.75 Å². The first-order valence-corrected chi connectivity index (χ1v) is 3.14. The number of halogens is 3. The van der Waals surface area contributed by atoms with Crippen LogP contribution in [0.3, 0.4) is 0 Å². The van der Waals surface area contributed by atoms with Crippen LogP contribution >= 0.6 is 37.2 Å². The van der Waals surface area contributed by atoms with Crippen molar-refractivity contribution in [2.24, 2.45) is 0 Å². The average molecular weight is 262 g/mol. The lowest BCUT2D eigenvalue weighted by Gasteiger charge is -1.98. The zero-order valence-corrected chi connectivity index (χ0v) is 9.71. The second-order valence-electron chi connectivity index (χ2n) is 2.33. The Balaban J connectivity index is -0.000000403. The highest BCUT2D eigenvalue weighted by atomic mass is 35.5. The van der Waals surface area contributed by atoms with Crippen LogP contribution in [0.25, 0.3) is 0 Å². The van der Waals surface area contributed by atoms with Crippen LogP contribution in [0, 0.1) is 6.92 Å². The van der Waals surface area contributed by atoms with Crippen LogP contribution in [0.1, 0.15) is 15.9 Å². The molecule has 0 spiro atoms. The zero-order chi connectivity index (χ0) is 8.43. The summed E-state index contributed by atoms with van der Waals surface area (Å²) in [4.78, 5) is 10.4. The summed E-state index contributed by atoms with van der Waals surface area (Å²) < 4.78 is 0. The molecule has 1 aromatic rings. The predicted molar refractivity (Wildman–Crippen MR) is 61.5 cm³/mol. The minimum absolute atomic E-state index is 0. The van der Waals surface area contributed by atoms with E-state index in [0.717, 1.165) is 5.56 Å². The van der Waals surface area contributed by atoms with E-state index in [4.69, 9.17) is 10.2 Å². The number of hydrogen-bond acceptors (Lipinski definition) is 2. The summed E-state index contributed by atoms with van der Waals surface area (Å²) in [6, 6.07) is 4.46. The van der Waals surface area contributed by atoms with E-state index < -0.39 is 5.97 Å². The third-order valence-corrected chi connectivity index (χ3v) is 1.38. The lowest BCUT2D eigenvalue weighted by molar-refractivity contribution is 0.0693. The fourth-order valence-electron chi connectivity index (χ4n) is 0.821. The number of aryl methyl sites for hydroxylation is 1. The van der Waals surface area contributed by atoms with Crippen molar-refractivity contribution in [3.05, 3.63) is 29.3 Å². The lowest BCUT2D eigenvalue weighted by atomic mass is 10.1. The van der Waals surface area contributed by atoms with Crippen molar-refractivity contribution in [1.29, 1.82) is 0 Å². The second-order valence-corrected chi connectivity index (χ2v) is 2.33. The monoisotopic (exact) mass is 260 g/mol. The molecule has 0 aromatic heterocycles. The van der Waals surface area contributed by atoms with Gasteiger partial charge in [0.25, 0.3) is 0 Å². The number of carbonyl (C=O) groups is 1. The number of benzene rings is 1. The first-order chi connectivity index (χ1) is 5.11. The van der Waals surface area contributed by atoms with Gasteiger partial charge in [0.05, 0.1) is 0 Å². The average Bonchev–Trinajstić information content (AvgIpc) is 1.94. The van der Waals surface area contributed by atoms with E-state index in [-0.39, 0.29) is 48.5 Å². The van der Waals surface area contributed by atoms with Gasteiger partial charge in [-0.15, -0.1) is 37.2 Å². The Bertz CT molecular complexity index is 302. The molecule has 82 valence electrons. The molecule has 6 heteroatoms. The third kappa shape index (κ3) is 4.56. The van der Waals surface area contributed by atoms with Gasteiger partial charge >= 0.3 is 5.97 Å². The Hall–Kier alpha value is -0.640. The minimum atomic E-state index is -1.11. The Morgan fingerprint density at radius 2 is 1.71 bits per heavy atom. The van der Waals surface area contributed by atoms with Crippen LogP contribution < -0.4 is 0 Å². The number of carboxylic acids is 1. The van der Waals surface area contributed by atoms with E-state index >= 15 is 0 Å². The van der Waals surface area contributed by atoms with Crippen molar-refractivity contribution in [3.63, 3.8) is 0 Å². The molecule has 0 bridgehead atoms. The van der Waals surface area contributed by atoms with Crippen molar-refractivity contribution >= 4 is 43.2 Å². The molecule has 0 aliphatic heterocycles. The van der Waals surface area contributed by atoms with E-state index in [2.05, 4.69) is 0 Å². The molecule has 0 aliphatic carbocycles. The molecule has 2 N–H and O–H groups in total. The summed E-state index contributed by atoms with van der Waals surface area (Å²) in [6.07, 6.45) is 0. The molecule has 3 nitrogen and oxygen atoms in total. The topological polar surface area (TPSA) is 57.5 Å². The van der Waals surface area contributed by atoms with E-state index in [1.807, 2.05) is 0 Å². The van der Waals surface area contributed by atoms with Crippen LogP contribution in [-0.2, 0) is 0 Å². The van der Waals surface area contributed by atoms with Gasteiger partial charge in [0.15, 0.2) is 0 Å². The van der Waals surface area contributed by atoms with E-state index in [1.165, 1.54) is 12.1 Å². The molecule has 0 heterocycles. The summed E-state index contributed by atoms with van der Waals surface area (Å²) in [5.41, 5.74) is 0.769. The molecule has 1 rings (SSSR count). The molecular formula is C8H11Cl3O3. The highest BCUT2D eigenvalue weighted by Crippen LogP contribution is 2.17. The zero-order valence-electron chi connectivity index (χ0n) is 7.26. The molecule has 0 saturated carbocycles. The normalized spacial score (nSPS) is 7.50. The standard InChI is InChI=1S/C8H8O3.3ClH/c1-5-2-3-7(9)6(4-5)8(10)11;;;/h2-4,9H,1H3,(H,10,11);3*1H. The van der Waals surface area contributed by atoms with Crippen LogP contribution in [0.15, 0.2) is 18.2 Å². The second kappa shape index (κ2) is 7.74. The fraction of sp³-hybridized carbons (Fsp3) is 0.125. The van der Waals surface area contributed by atoms with Gasteiger partial charge in [0, 0.05) is 0 Å². The Kier molecular flexibility index (Phi) is 10.5. The van der Waals surface area contributed by atoms with E-state index in [0.29, 0.717) is 0 Å². The van der Waals surface area contributed by atoms with Gasteiger partial charge in [0.1, 0.15) is 11.3 Å². The van der Waals surface area contributed by atoms with Gasteiger partial charge in [-0.25, -0.2) is 4.79 Å². The molecule has 0 atom stereocenters. The molecule has 0 amide bonds. The first-order valence-electron chi connectivity index (χ1n) is 3.14. The third-order valence-electron chi connectivity index (χ3n) is 1.38. The molecule has 0 saturated heterocycles. The number of hydrogen-bond donors (Lipinski definition) is 2. The number of aromatic carboxylic acids is 1. The van der Waals surface area contributed by atoms with Gasteiger partial charge in [-0.1, -0.05) is 11.6 Å². The van der Waals surface area contributed by atoms with Crippen molar-refractivity contribution in [3.8, 4) is 5.75 Å². The highest BCUT2D eigenvalue weighted by Gasteiger charge is 2.07. The molecule has 0 fully saturated rings. The molecular weight excluding hydrogens is 250 g/mol. The van der Waals surface area contributed by atoms with Crippen molar-refractivity contribution in [1.82, 2.24) is 0 Å². The molecule has 0 radical (unpaired) electrons. The maximum Gasteiger partial charge on any atom is 0.339 e. The molecule has 0 aliphatic rings. The Morgan fingerprint density at radius 3 is 2.07 bits per heavy atom. The maximum absolute atomic E-state index is 10.4. The summed E-state index contributed by atoms with van der Waals surface area (Å²) >= 11 is 0. The molecule has 0 unspecified atom stereocenters. The Morgan fingerprint density at radius 1 is 1.21 bits per heavy atom. The van der Waals surface area contributed by atoms with Gasteiger partial charge in [0.2, 0.25) is 0 Å². The van der Waals surface area contributed by atoms with Gasteiger partial charge in [-0.05, 0) is 19.1 Å². The minimum Gasteiger partial charge on any atom is -0.507 e. The van der Waals surface area contributed by atoms with Crippen molar-refractivity contribution < 1.29 is 15.0 Å². The van der Waals surface area contributed by atoms with Gasteiger partial charge in [-0.3, -0.25) is 0 Å². The highest BCUT2D eigenvalue weighted by molar-refractivity contribution is 5.90.